The molecule has 2 nitrogen and oxygen atoms in total. The molecule has 0 amide bonds. The summed E-state index contributed by atoms with van der Waals surface area (Å²) in [5, 5.41) is 0. The van der Waals surface area contributed by atoms with Crippen LogP contribution in [0.5, 0.6) is 11.5 Å². The summed E-state index contributed by atoms with van der Waals surface area (Å²) in [6.07, 6.45) is 4.19. The van der Waals surface area contributed by atoms with Crippen molar-refractivity contribution in [3.8, 4) is 11.5 Å². The Morgan fingerprint density at radius 1 is 0.467 bits per heavy atom. The van der Waals surface area contributed by atoms with Crippen molar-refractivity contribution in [3.63, 3.8) is 0 Å². The van der Waals surface area contributed by atoms with Gasteiger partial charge in [0.15, 0.2) is 0 Å². The zero-order valence-electron chi connectivity index (χ0n) is 16.8. The van der Waals surface area contributed by atoms with Crippen LogP contribution in [0.15, 0.2) is 109 Å². The smallest absolute Gasteiger partial charge is 0.120 e. The van der Waals surface area contributed by atoms with Crippen LogP contribution in [0.4, 0.5) is 0 Å². The van der Waals surface area contributed by atoms with E-state index in [1.54, 1.807) is 0 Å². The Morgan fingerprint density at radius 3 is 1.67 bits per heavy atom. The zero-order chi connectivity index (χ0) is 20.4. The van der Waals surface area contributed by atoms with Crippen molar-refractivity contribution in [3.05, 3.63) is 131 Å². The van der Waals surface area contributed by atoms with Gasteiger partial charge >= 0.3 is 0 Å². The minimum Gasteiger partial charge on any atom is -0.489 e. The van der Waals surface area contributed by atoms with Gasteiger partial charge in [-0.15, -0.1) is 0 Å². The Balaban J connectivity index is 1.33. The number of hydrogen-bond acceptors (Lipinski definition) is 2. The fraction of sp³-hybridized carbons (Fsp3) is 0.0714. The van der Waals surface area contributed by atoms with E-state index in [9.17, 15) is 0 Å². The van der Waals surface area contributed by atoms with Crippen LogP contribution in [0.2, 0.25) is 0 Å². The average Bonchev–Trinajstić information content (AvgIpc) is 2.82. The van der Waals surface area contributed by atoms with Crippen LogP contribution >= 0.6 is 0 Å². The highest BCUT2D eigenvalue weighted by molar-refractivity contribution is 5.70. The molecule has 2 heteroatoms. The second-order valence-corrected chi connectivity index (χ2v) is 7.02. The molecule has 30 heavy (non-hydrogen) atoms. The Bertz CT molecular complexity index is 1070. The molecule has 0 radical (unpaired) electrons. The molecule has 0 aliphatic rings. The van der Waals surface area contributed by atoms with Gasteiger partial charge in [-0.25, -0.2) is 0 Å². The van der Waals surface area contributed by atoms with E-state index in [0.717, 1.165) is 33.8 Å². The van der Waals surface area contributed by atoms with Crippen molar-refractivity contribution in [1.82, 2.24) is 0 Å². The van der Waals surface area contributed by atoms with Crippen molar-refractivity contribution >= 4 is 12.2 Å². The summed E-state index contributed by atoms with van der Waals surface area (Å²) in [6, 6.07) is 36.6. The van der Waals surface area contributed by atoms with Gasteiger partial charge in [-0.3, -0.25) is 0 Å². The number of rotatable bonds is 8. The van der Waals surface area contributed by atoms with Crippen molar-refractivity contribution < 1.29 is 9.47 Å². The maximum Gasteiger partial charge on any atom is 0.120 e. The van der Waals surface area contributed by atoms with Crippen molar-refractivity contribution in [2.45, 2.75) is 13.2 Å². The molecule has 148 valence electrons. The molecular formula is C28H24O2. The molecule has 0 N–H and O–H groups in total. The first-order valence-electron chi connectivity index (χ1n) is 10.1. The van der Waals surface area contributed by atoms with Gasteiger partial charge in [0.05, 0.1) is 0 Å². The minimum absolute atomic E-state index is 0.568. The van der Waals surface area contributed by atoms with Gasteiger partial charge in [0, 0.05) is 0 Å². The Morgan fingerprint density at radius 2 is 1.03 bits per heavy atom. The molecule has 4 rings (SSSR count). The summed E-state index contributed by atoms with van der Waals surface area (Å²) in [6.45, 7) is 1.14. The summed E-state index contributed by atoms with van der Waals surface area (Å²) >= 11 is 0. The molecule has 0 bridgehead atoms. The third-order valence-corrected chi connectivity index (χ3v) is 4.70. The molecule has 0 unspecified atom stereocenters. The Kier molecular flexibility index (Phi) is 6.59. The number of hydrogen-bond donors (Lipinski definition) is 0. The number of ether oxygens (including phenoxy) is 2. The predicted molar refractivity (Wildman–Crippen MR) is 123 cm³/mol. The highest BCUT2D eigenvalue weighted by atomic mass is 16.5. The van der Waals surface area contributed by atoms with Crippen LogP contribution in [0, 0.1) is 0 Å². The van der Waals surface area contributed by atoms with Crippen LogP contribution in [0.25, 0.3) is 12.2 Å². The van der Waals surface area contributed by atoms with Gasteiger partial charge < -0.3 is 9.47 Å². The molecule has 4 aromatic rings. The Hall–Kier alpha value is -3.78. The molecule has 0 heterocycles. The third-order valence-electron chi connectivity index (χ3n) is 4.70. The van der Waals surface area contributed by atoms with Crippen LogP contribution in [-0.4, -0.2) is 0 Å². The van der Waals surface area contributed by atoms with Gasteiger partial charge in [0.2, 0.25) is 0 Å². The van der Waals surface area contributed by atoms with Crippen LogP contribution in [0.3, 0.4) is 0 Å². The summed E-state index contributed by atoms with van der Waals surface area (Å²) in [4.78, 5) is 0. The normalized spacial score (nSPS) is 10.8. The molecule has 0 aliphatic carbocycles. The van der Waals surface area contributed by atoms with E-state index in [2.05, 4.69) is 60.7 Å². The molecular weight excluding hydrogens is 368 g/mol. The molecule has 0 atom stereocenters. The van der Waals surface area contributed by atoms with Crippen LogP contribution in [-0.2, 0) is 13.2 Å². The molecule has 0 saturated heterocycles. The lowest BCUT2D eigenvalue weighted by atomic mass is 10.1. The first-order valence-corrected chi connectivity index (χ1v) is 10.1. The van der Waals surface area contributed by atoms with Crippen molar-refractivity contribution in [1.29, 1.82) is 0 Å². The van der Waals surface area contributed by atoms with Crippen LogP contribution < -0.4 is 9.47 Å². The lowest BCUT2D eigenvalue weighted by Gasteiger charge is -2.07. The number of benzene rings is 4. The molecule has 0 aliphatic heterocycles. The van der Waals surface area contributed by atoms with Crippen LogP contribution in [0.1, 0.15) is 22.3 Å². The van der Waals surface area contributed by atoms with Gasteiger partial charge in [-0.2, -0.15) is 0 Å². The fourth-order valence-corrected chi connectivity index (χ4v) is 3.06. The minimum atomic E-state index is 0.568. The van der Waals surface area contributed by atoms with E-state index in [4.69, 9.17) is 9.47 Å². The standard InChI is InChI=1S/C28H24O2/c1-3-8-25(9-4-1)21-29-27-18-16-23(17-19-27)14-15-24-12-7-13-28(20-24)30-22-26-10-5-2-6-11-26/h1-20H,21-22H2/b15-14+. The molecule has 4 aromatic carbocycles. The van der Waals surface area contributed by atoms with E-state index in [1.807, 2.05) is 60.7 Å². The summed E-state index contributed by atoms with van der Waals surface area (Å²) in [5.74, 6) is 1.73. The molecule has 0 aromatic heterocycles. The maximum atomic E-state index is 5.91. The first kappa shape index (κ1) is 19.5. The van der Waals surface area contributed by atoms with Gasteiger partial charge in [0.25, 0.3) is 0 Å². The SMILES string of the molecule is C(=C\c1cccc(OCc2ccccc2)c1)/c1ccc(OCc2ccccc2)cc1. The summed E-state index contributed by atoms with van der Waals surface area (Å²) in [5.41, 5.74) is 4.55. The first-order chi connectivity index (χ1) is 14.8. The average molecular weight is 392 g/mol. The topological polar surface area (TPSA) is 18.5 Å². The van der Waals surface area contributed by atoms with E-state index in [-0.39, 0.29) is 0 Å². The van der Waals surface area contributed by atoms with E-state index in [1.165, 1.54) is 0 Å². The molecule has 0 saturated carbocycles. The van der Waals surface area contributed by atoms with Gasteiger partial charge in [0.1, 0.15) is 24.7 Å². The third kappa shape index (κ3) is 5.86. The van der Waals surface area contributed by atoms with E-state index in [0.29, 0.717) is 13.2 Å². The zero-order valence-corrected chi connectivity index (χ0v) is 16.8. The largest absolute Gasteiger partial charge is 0.489 e. The highest BCUT2D eigenvalue weighted by Crippen LogP contribution is 2.19. The van der Waals surface area contributed by atoms with E-state index < -0.39 is 0 Å². The lowest BCUT2D eigenvalue weighted by molar-refractivity contribution is 0.306. The van der Waals surface area contributed by atoms with Gasteiger partial charge in [-0.1, -0.05) is 97.1 Å². The molecule has 0 fully saturated rings. The summed E-state index contributed by atoms with van der Waals surface area (Å²) < 4.78 is 11.8. The Labute approximate surface area is 178 Å². The highest BCUT2D eigenvalue weighted by Gasteiger charge is 1.98. The second-order valence-electron chi connectivity index (χ2n) is 7.02. The fourth-order valence-electron chi connectivity index (χ4n) is 3.06. The summed E-state index contributed by atoms with van der Waals surface area (Å²) in [7, 11) is 0. The monoisotopic (exact) mass is 392 g/mol. The van der Waals surface area contributed by atoms with Gasteiger partial charge in [-0.05, 0) is 46.5 Å². The second kappa shape index (κ2) is 10.1. The van der Waals surface area contributed by atoms with Crippen molar-refractivity contribution in [2.24, 2.45) is 0 Å². The predicted octanol–water partition coefficient (Wildman–Crippen LogP) is 7.02. The van der Waals surface area contributed by atoms with Crippen molar-refractivity contribution in [2.75, 3.05) is 0 Å². The van der Waals surface area contributed by atoms with E-state index >= 15 is 0 Å². The quantitative estimate of drug-likeness (QED) is 0.300. The molecule has 0 spiro atoms. The maximum absolute atomic E-state index is 5.91. The lowest BCUT2D eigenvalue weighted by Crippen LogP contribution is -1.95.